The molecule has 0 aliphatic heterocycles. The van der Waals surface area contributed by atoms with Crippen LogP contribution in [0.5, 0.6) is 0 Å². The van der Waals surface area contributed by atoms with Crippen LogP contribution in [-0.2, 0) is 6.18 Å². The quantitative estimate of drug-likeness (QED) is 0.731. The van der Waals surface area contributed by atoms with Gasteiger partial charge in [-0.1, -0.05) is 18.2 Å². The van der Waals surface area contributed by atoms with Gasteiger partial charge >= 0.3 is 12.1 Å². The van der Waals surface area contributed by atoms with Crippen molar-refractivity contribution in [2.75, 3.05) is 0 Å². The van der Waals surface area contributed by atoms with Crippen LogP contribution in [0.25, 0.3) is 16.6 Å². The number of aromatic carboxylic acids is 1. The van der Waals surface area contributed by atoms with Crippen molar-refractivity contribution in [2.24, 2.45) is 0 Å². The van der Waals surface area contributed by atoms with Gasteiger partial charge in [-0.05, 0) is 60.0 Å². The van der Waals surface area contributed by atoms with Crippen molar-refractivity contribution in [1.29, 1.82) is 0 Å². The van der Waals surface area contributed by atoms with E-state index in [0.717, 1.165) is 41.2 Å². The lowest BCUT2D eigenvalue weighted by molar-refractivity contribution is -0.137. The van der Waals surface area contributed by atoms with E-state index in [-0.39, 0.29) is 10.9 Å². The Morgan fingerprint density at radius 3 is 2.26 bits per heavy atom. The summed E-state index contributed by atoms with van der Waals surface area (Å²) in [5.41, 5.74) is -0.819. The minimum absolute atomic E-state index is 0.0130. The fourth-order valence-electron chi connectivity index (χ4n) is 3.20. The van der Waals surface area contributed by atoms with Crippen LogP contribution in [0.15, 0.2) is 53.3 Å². The van der Waals surface area contributed by atoms with E-state index in [2.05, 4.69) is 0 Å². The van der Waals surface area contributed by atoms with Gasteiger partial charge in [-0.25, -0.2) is 4.79 Å². The van der Waals surface area contributed by atoms with Gasteiger partial charge in [0.05, 0.1) is 11.1 Å². The van der Waals surface area contributed by atoms with Gasteiger partial charge in [0.15, 0.2) is 0 Å². The molecule has 4 nitrogen and oxygen atoms in total. The summed E-state index contributed by atoms with van der Waals surface area (Å²) < 4.78 is 40.4. The minimum Gasteiger partial charge on any atom is -0.477 e. The summed E-state index contributed by atoms with van der Waals surface area (Å²) in [6, 6.07) is 11.0. The maximum Gasteiger partial charge on any atom is 0.416 e. The molecule has 0 bridgehead atoms. The number of carboxylic acid groups (broad SMARTS) is 1. The lowest BCUT2D eigenvalue weighted by Crippen LogP contribution is -2.25. The normalized spacial score (nSPS) is 14.5. The molecule has 0 radical (unpaired) electrons. The molecule has 0 unspecified atom stereocenters. The number of pyridine rings is 1. The molecule has 1 fully saturated rings. The molecule has 7 heteroatoms. The number of rotatable bonds is 3. The second-order valence-corrected chi connectivity index (χ2v) is 6.64. The number of hydrogen-bond acceptors (Lipinski definition) is 2. The monoisotopic (exact) mass is 373 g/mol. The summed E-state index contributed by atoms with van der Waals surface area (Å²) in [7, 11) is 0. The Morgan fingerprint density at radius 1 is 1.04 bits per heavy atom. The number of carboxylic acids is 1. The zero-order valence-corrected chi connectivity index (χ0v) is 14.0. The fraction of sp³-hybridized carbons (Fsp3) is 0.200. The Balaban J connectivity index is 2.00. The topological polar surface area (TPSA) is 59.3 Å². The number of carbonyl (C=O) groups is 1. The first-order valence-electron chi connectivity index (χ1n) is 8.36. The molecular formula is C20H14F3NO3. The third-order valence-corrected chi connectivity index (χ3v) is 4.76. The van der Waals surface area contributed by atoms with E-state index in [1.54, 1.807) is 12.1 Å². The lowest BCUT2D eigenvalue weighted by Gasteiger charge is -2.14. The summed E-state index contributed by atoms with van der Waals surface area (Å²) in [6.07, 6.45) is -2.40. The zero-order chi connectivity index (χ0) is 19.3. The van der Waals surface area contributed by atoms with E-state index in [4.69, 9.17) is 0 Å². The van der Waals surface area contributed by atoms with Crippen LogP contribution in [0.1, 0.15) is 40.2 Å². The highest BCUT2D eigenvalue weighted by atomic mass is 19.4. The smallest absolute Gasteiger partial charge is 0.416 e. The average Bonchev–Trinajstić information content (AvgIpc) is 3.45. The first-order chi connectivity index (χ1) is 12.8. The second kappa shape index (κ2) is 5.97. The van der Waals surface area contributed by atoms with E-state index in [9.17, 15) is 27.9 Å². The molecule has 0 amide bonds. The highest BCUT2D eigenvalue weighted by Crippen LogP contribution is 2.40. The summed E-state index contributed by atoms with van der Waals surface area (Å²) in [5, 5.41) is 9.55. The standard InChI is InChI=1S/C20H14F3NO3/c21-20(22,23)14-6-3-13-9-16(19(26)27)18(25)24(17(13)10-14)15-7-4-12(5-8-15)11-1-2-11/h3-11H,1-2H2,(H,26,27). The molecule has 2 aromatic carbocycles. The van der Waals surface area contributed by atoms with Crippen molar-refractivity contribution in [2.45, 2.75) is 24.9 Å². The molecule has 0 spiro atoms. The van der Waals surface area contributed by atoms with Gasteiger partial charge in [-0.2, -0.15) is 13.2 Å². The summed E-state index contributed by atoms with van der Waals surface area (Å²) in [4.78, 5) is 24.2. The molecule has 1 saturated carbocycles. The van der Waals surface area contributed by atoms with Gasteiger partial charge in [0.1, 0.15) is 5.56 Å². The number of hydrogen-bond donors (Lipinski definition) is 1. The van der Waals surface area contributed by atoms with Crippen molar-refractivity contribution < 1.29 is 23.1 Å². The highest BCUT2D eigenvalue weighted by Gasteiger charge is 2.31. The molecule has 0 atom stereocenters. The Kier molecular flexibility index (Phi) is 3.83. The molecule has 3 aromatic rings. The first-order valence-corrected chi connectivity index (χ1v) is 8.36. The first kappa shape index (κ1) is 17.3. The molecule has 1 aromatic heterocycles. The zero-order valence-electron chi connectivity index (χ0n) is 14.0. The molecular weight excluding hydrogens is 359 g/mol. The Hall–Kier alpha value is -3.09. The predicted molar refractivity (Wildman–Crippen MR) is 93.5 cm³/mol. The van der Waals surface area contributed by atoms with Crippen LogP contribution < -0.4 is 5.56 Å². The third-order valence-electron chi connectivity index (χ3n) is 4.76. The summed E-state index contributed by atoms with van der Waals surface area (Å²) >= 11 is 0. The molecule has 1 aliphatic rings. The summed E-state index contributed by atoms with van der Waals surface area (Å²) in [5.74, 6) is -0.945. The molecule has 138 valence electrons. The van der Waals surface area contributed by atoms with Crippen LogP contribution in [-0.4, -0.2) is 15.6 Å². The van der Waals surface area contributed by atoms with Crippen LogP contribution in [0.2, 0.25) is 0 Å². The summed E-state index contributed by atoms with van der Waals surface area (Å²) in [6.45, 7) is 0. The SMILES string of the molecule is O=C(O)c1cc2ccc(C(F)(F)F)cc2n(-c2ccc(C3CC3)cc2)c1=O. The van der Waals surface area contributed by atoms with Crippen molar-refractivity contribution in [1.82, 2.24) is 4.57 Å². The third kappa shape index (κ3) is 3.09. The molecule has 1 aliphatic carbocycles. The van der Waals surface area contributed by atoms with Crippen molar-refractivity contribution >= 4 is 16.9 Å². The Morgan fingerprint density at radius 2 is 1.70 bits per heavy atom. The predicted octanol–water partition coefficient (Wildman–Crippen LogP) is 4.59. The highest BCUT2D eigenvalue weighted by molar-refractivity contribution is 5.93. The van der Waals surface area contributed by atoms with Gasteiger partial charge in [-0.15, -0.1) is 0 Å². The molecule has 0 saturated heterocycles. The van der Waals surface area contributed by atoms with Crippen molar-refractivity contribution in [3.8, 4) is 5.69 Å². The number of fused-ring (bicyclic) bond motifs is 1. The fourth-order valence-corrected chi connectivity index (χ4v) is 3.20. The van der Waals surface area contributed by atoms with Crippen molar-refractivity contribution in [3.05, 3.63) is 75.6 Å². The molecule has 1 N–H and O–H groups in total. The number of benzene rings is 2. The van der Waals surface area contributed by atoms with Gasteiger partial charge in [-0.3, -0.25) is 9.36 Å². The van der Waals surface area contributed by atoms with Gasteiger partial charge in [0.25, 0.3) is 5.56 Å². The van der Waals surface area contributed by atoms with E-state index >= 15 is 0 Å². The number of nitrogens with zero attached hydrogens (tertiary/aromatic N) is 1. The van der Waals surface area contributed by atoms with E-state index < -0.39 is 28.8 Å². The average molecular weight is 373 g/mol. The molecule has 4 rings (SSSR count). The maximum atomic E-state index is 13.1. The molecule has 1 heterocycles. The maximum absolute atomic E-state index is 13.1. The second-order valence-electron chi connectivity index (χ2n) is 6.64. The largest absolute Gasteiger partial charge is 0.477 e. The van der Waals surface area contributed by atoms with Crippen LogP contribution in [0, 0.1) is 0 Å². The molecule has 27 heavy (non-hydrogen) atoms. The van der Waals surface area contributed by atoms with E-state index in [0.29, 0.717) is 11.6 Å². The van der Waals surface area contributed by atoms with Gasteiger partial charge in [0, 0.05) is 5.69 Å². The Bertz CT molecular complexity index is 1110. The van der Waals surface area contributed by atoms with Crippen LogP contribution in [0.4, 0.5) is 13.2 Å². The van der Waals surface area contributed by atoms with Crippen molar-refractivity contribution in [3.63, 3.8) is 0 Å². The minimum atomic E-state index is -4.57. The van der Waals surface area contributed by atoms with Gasteiger partial charge < -0.3 is 5.11 Å². The number of alkyl halides is 3. The van der Waals surface area contributed by atoms with E-state index in [1.165, 1.54) is 6.07 Å². The van der Waals surface area contributed by atoms with Gasteiger partial charge in [0.2, 0.25) is 0 Å². The number of halogens is 3. The van der Waals surface area contributed by atoms with E-state index in [1.807, 2.05) is 12.1 Å². The Labute approximate surface area is 151 Å². The number of aromatic nitrogens is 1. The van der Waals surface area contributed by atoms with Crippen LogP contribution >= 0.6 is 0 Å². The lowest BCUT2D eigenvalue weighted by atomic mass is 10.1. The van der Waals surface area contributed by atoms with Crippen LogP contribution in [0.3, 0.4) is 0 Å².